The Bertz CT molecular complexity index is 631. The standard InChI is InChI=1S/C17H21FN2O/c1-12-4-3-7-20(16(12)11-21)10-14-9-15(18)8-13-5-2-6-19-17(13)14/h2,5-6,8-9,12,16,21H,3-4,7,10-11H2,1H3/t12-,16-/m1/s1. The van der Waals surface area contributed by atoms with Crippen LogP contribution in [0.1, 0.15) is 25.3 Å². The summed E-state index contributed by atoms with van der Waals surface area (Å²) in [7, 11) is 0. The van der Waals surface area contributed by atoms with Gasteiger partial charge in [0.25, 0.3) is 0 Å². The second-order valence-electron chi connectivity index (χ2n) is 5.98. The number of hydrogen-bond donors (Lipinski definition) is 1. The molecule has 1 fully saturated rings. The van der Waals surface area contributed by atoms with E-state index in [4.69, 9.17) is 0 Å². The highest BCUT2D eigenvalue weighted by Gasteiger charge is 2.28. The summed E-state index contributed by atoms with van der Waals surface area (Å²) in [6.07, 6.45) is 4.01. The van der Waals surface area contributed by atoms with Crippen LogP contribution in [0.4, 0.5) is 4.39 Å². The minimum Gasteiger partial charge on any atom is -0.395 e. The normalized spacial score (nSPS) is 23.6. The molecule has 1 aromatic carbocycles. The summed E-state index contributed by atoms with van der Waals surface area (Å²) in [5.74, 6) is 0.243. The molecular formula is C17H21FN2O. The van der Waals surface area contributed by atoms with Gasteiger partial charge in [-0.1, -0.05) is 13.0 Å². The van der Waals surface area contributed by atoms with E-state index >= 15 is 0 Å². The van der Waals surface area contributed by atoms with Crippen LogP contribution in [0, 0.1) is 11.7 Å². The first-order valence-corrected chi connectivity index (χ1v) is 7.57. The largest absolute Gasteiger partial charge is 0.395 e. The quantitative estimate of drug-likeness (QED) is 0.943. The molecule has 1 aromatic heterocycles. The van der Waals surface area contributed by atoms with E-state index in [1.807, 2.05) is 12.1 Å². The summed E-state index contributed by atoms with van der Waals surface area (Å²) >= 11 is 0. The van der Waals surface area contributed by atoms with E-state index in [0.29, 0.717) is 12.5 Å². The van der Waals surface area contributed by atoms with Crippen LogP contribution in [-0.2, 0) is 6.54 Å². The van der Waals surface area contributed by atoms with Crippen molar-refractivity contribution in [2.45, 2.75) is 32.4 Å². The fourth-order valence-corrected chi connectivity index (χ4v) is 3.39. The van der Waals surface area contributed by atoms with Gasteiger partial charge in [0, 0.05) is 24.2 Å². The number of nitrogens with zero attached hydrogens (tertiary/aromatic N) is 2. The number of fused-ring (bicyclic) bond motifs is 1. The highest BCUT2D eigenvalue weighted by molar-refractivity contribution is 5.81. The molecule has 2 heterocycles. The van der Waals surface area contributed by atoms with Gasteiger partial charge in [-0.3, -0.25) is 9.88 Å². The van der Waals surface area contributed by atoms with Crippen molar-refractivity contribution in [1.82, 2.24) is 9.88 Å². The zero-order valence-electron chi connectivity index (χ0n) is 12.3. The average molecular weight is 288 g/mol. The molecule has 3 nitrogen and oxygen atoms in total. The van der Waals surface area contributed by atoms with Gasteiger partial charge in [-0.2, -0.15) is 0 Å². The predicted octanol–water partition coefficient (Wildman–Crippen LogP) is 2.97. The van der Waals surface area contributed by atoms with Gasteiger partial charge in [-0.05, 0) is 49.1 Å². The van der Waals surface area contributed by atoms with E-state index < -0.39 is 0 Å². The van der Waals surface area contributed by atoms with Gasteiger partial charge in [-0.25, -0.2) is 4.39 Å². The minimum absolute atomic E-state index is 0.153. The number of aliphatic hydroxyl groups is 1. The first-order chi connectivity index (χ1) is 10.2. The fourth-order valence-electron chi connectivity index (χ4n) is 3.39. The molecule has 0 spiro atoms. The van der Waals surface area contributed by atoms with Crippen LogP contribution in [0.2, 0.25) is 0 Å². The van der Waals surface area contributed by atoms with E-state index in [0.717, 1.165) is 35.9 Å². The lowest BCUT2D eigenvalue weighted by Crippen LogP contribution is -2.46. The molecule has 0 aliphatic carbocycles. The van der Waals surface area contributed by atoms with Crippen LogP contribution >= 0.6 is 0 Å². The van der Waals surface area contributed by atoms with Gasteiger partial charge in [0.2, 0.25) is 0 Å². The molecule has 1 N–H and O–H groups in total. The Morgan fingerprint density at radius 2 is 2.29 bits per heavy atom. The molecule has 0 radical (unpaired) electrons. The van der Waals surface area contributed by atoms with Crippen LogP contribution < -0.4 is 0 Å². The third-order valence-electron chi connectivity index (χ3n) is 4.54. The first kappa shape index (κ1) is 14.4. The third-order valence-corrected chi connectivity index (χ3v) is 4.54. The molecule has 1 aliphatic rings. The number of pyridine rings is 1. The number of aromatic nitrogens is 1. The van der Waals surface area contributed by atoms with Gasteiger partial charge in [0.15, 0.2) is 0 Å². The van der Waals surface area contributed by atoms with E-state index in [2.05, 4.69) is 16.8 Å². The van der Waals surface area contributed by atoms with Crippen molar-refractivity contribution in [2.75, 3.05) is 13.2 Å². The highest BCUT2D eigenvalue weighted by atomic mass is 19.1. The molecule has 21 heavy (non-hydrogen) atoms. The number of hydrogen-bond acceptors (Lipinski definition) is 3. The van der Waals surface area contributed by atoms with Crippen LogP contribution in [0.5, 0.6) is 0 Å². The second kappa shape index (κ2) is 6.08. The van der Waals surface area contributed by atoms with Crippen molar-refractivity contribution in [2.24, 2.45) is 5.92 Å². The van der Waals surface area contributed by atoms with Gasteiger partial charge in [-0.15, -0.1) is 0 Å². The summed E-state index contributed by atoms with van der Waals surface area (Å²) in [5.41, 5.74) is 1.76. The molecule has 3 rings (SSSR count). The van der Waals surface area contributed by atoms with Crippen LogP contribution in [0.25, 0.3) is 10.9 Å². The summed E-state index contributed by atoms with van der Waals surface area (Å²) in [6, 6.07) is 6.96. The van der Waals surface area contributed by atoms with Gasteiger partial charge in [0.1, 0.15) is 5.82 Å². The van der Waals surface area contributed by atoms with Crippen molar-refractivity contribution in [3.63, 3.8) is 0 Å². The monoisotopic (exact) mass is 288 g/mol. The third kappa shape index (κ3) is 2.92. The maximum absolute atomic E-state index is 13.8. The first-order valence-electron chi connectivity index (χ1n) is 7.57. The van der Waals surface area contributed by atoms with Crippen molar-refractivity contribution in [3.05, 3.63) is 41.8 Å². The number of rotatable bonds is 3. The molecule has 0 bridgehead atoms. The zero-order chi connectivity index (χ0) is 14.8. The van der Waals surface area contributed by atoms with Crippen molar-refractivity contribution < 1.29 is 9.50 Å². The Morgan fingerprint density at radius 3 is 3.10 bits per heavy atom. The van der Waals surface area contributed by atoms with Gasteiger partial charge < -0.3 is 5.11 Å². The second-order valence-corrected chi connectivity index (χ2v) is 5.98. The van der Waals surface area contributed by atoms with Gasteiger partial charge >= 0.3 is 0 Å². The Kier molecular flexibility index (Phi) is 4.17. The number of benzene rings is 1. The smallest absolute Gasteiger partial charge is 0.124 e. The lowest BCUT2D eigenvalue weighted by atomic mass is 9.91. The van der Waals surface area contributed by atoms with E-state index in [9.17, 15) is 9.50 Å². The lowest BCUT2D eigenvalue weighted by molar-refractivity contribution is 0.0474. The van der Waals surface area contributed by atoms with Gasteiger partial charge in [0.05, 0.1) is 12.1 Å². The molecular weight excluding hydrogens is 267 g/mol. The van der Waals surface area contributed by atoms with E-state index in [1.54, 1.807) is 12.3 Å². The topological polar surface area (TPSA) is 36.4 Å². The molecule has 2 aromatic rings. The Labute approximate surface area is 124 Å². The summed E-state index contributed by atoms with van der Waals surface area (Å²) in [4.78, 5) is 6.66. The Morgan fingerprint density at radius 1 is 1.43 bits per heavy atom. The fraction of sp³-hybridized carbons (Fsp3) is 0.471. The van der Waals surface area contributed by atoms with Crippen molar-refractivity contribution in [1.29, 1.82) is 0 Å². The lowest BCUT2D eigenvalue weighted by Gasteiger charge is -2.39. The van der Waals surface area contributed by atoms with Crippen molar-refractivity contribution in [3.8, 4) is 0 Å². The maximum atomic E-state index is 13.8. The molecule has 0 amide bonds. The number of piperidine rings is 1. The molecule has 1 aliphatic heterocycles. The van der Waals surface area contributed by atoms with Crippen LogP contribution in [-0.4, -0.2) is 34.2 Å². The Hall–Kier alpha value is -1.52. The Balaban J connectivity index is 1.93. The molecule has 4 heteroatoms. The zero-order valence-corrected chi connectivity index (χ0v) is 12.3. The SMILES string of the molecule is C[C@@H]1CCCN(Cc2cc(F)cc3cccnc23)[C@@H]1CO. The molecule has 0 saturated carbocycles. The van der Waals surface area contributed by atoms with E-state index in [1.165, 1.54) is 6.07 Å². The van der Waals surface area contributed by atoms with Crippen molar-refractivity contribution >= 4 is 10.9 Å². The summed E-state index contributed by atoms with van der Waals surface area (Å²) in [6.45, 7) is 3.91. The molecule has 112 valence electrons. The summed E-state index contributed by atoms with van der Waals surface area (Å²) in [5, 5.41) is 10.5. The molecule has 1 saturated heterocycles. The minimum atomic E-state index is -0.226. The van der Waals surface area contributed by atoms with Crippen LogP contribution in [0.3, 0.4) is 0 Å². The number of likely N-dealkylation sites (tertiary alicyclic amines) is 1. The number of halogens is 1. The predicted molar refractivity (Wildman–Crippen MR) is 81.4 cm³/mol. The molecule has 2 atom stereocenters. The highest BCUT2D eigenvalue weighted by Crippen LogP contribution is 2.27. The van der Waals surface area contributed by atoms with E-state index in [-0.39, 0.29) is 18.5 Å². The number of aliphatic hydroxyl groups excluding tert-OH is 1. The summed E-state index contributed by atoms with van der Waals surface area (Å²) < 4.78 is 13.8. The molecule has 0 unspecified atom stereocenters. The maximum Gasteiger partial charge on any atom is 0.124 e. The van der Waals surface area contributed by atoms with Crippen LogP contribution in [0.15, 0.2) is 30.5 Å². The average Bonchev–Trinajstić information content (AvgIpc) is 2.47.